The van der Waals surface area contributed by atoms with Crippen LogP contribution in [0.5, 0.6) is 0 Å². The molecule has 0 spiro atoms. The van der Waals surface area contributed by atoms with Gasteiger partial charge in [-0.25, -0.2) is 0 Å². The Morgan fingerprint density at radius 3 is 2.47 bits per heavy atom. The first-order chi connectivity index (χ1) is 7.34. The first-order valence-corrected chi connectivity index (χ1v) is 5.77. The normalized spacial score (nSPS) is 10.7. The Morgan fingerprint density at radius 2 is 1.73 bits per heavy atom. The summed E-state index contributed by atoms with van der Waals surface area (Å²) in [6.45, 7) is 0. The summed E-state index contributed by atoms with van der Waals surface area (Å²) in [6, 6.07) is 18.2. The number of hydrogen-bond donors (Lipinski definition) is 0. The third-order valence-corrected chi connectivity index (χ3v) is 2.64. The van der Waals surface area contributed by atoms with Gasteiger partial charge in [-0.2, -0.15) is 0 Å². The highest BCUT2D eigenvalue weighted by Gasteiger charge is 1.89. The molecule has 0 fully saturated rings. The van der Waals surface area contributed by atoms with Gasteiger partial charge in [0.1, 0.15) is 0 Å². The van der Waals surface area contributed by atoms with Crippen molar-refractivity contribution in [2.24, 2.45) is 4.99 Å². The Hall–Kier alpha value is -1.16. The Kier molecular flexibility index (Phi) is 3.50. The smallest absolute Gasteiger partial charge is 0.0629 e. The molecule has 0 radical (unpaired) electrons. The first kappa shape index (κ1) is 10.4. The van der Waals surface area contributed by atoms with Crippen LogP contribution in [0.1, 0.15) is 5.56 Å². The van der Waals surface area contributed by atoms with E-state index in [1.165, 1.54) is 3.57 Å². The molecule has 2 aromatic carbocycles. The molecule has 0 unspecified atom stereocenters. The van der Waals surface area contributed by atoms with Crippen LogP contribution in [-0.2, 0) is 0 Å². The lowest BCUT2D eigenvalue weighted by molar-refractivity contribution is 1.52. The molecular formula is C13H10IN. The molecule has 0 aliphatic heterocycles. The molecule has 1 nitrogen and oxygen atoms in total. The van der Waals surface area contributed by atoms with Crippen molar-refractivity contribution in [1.29, 1.82) is 0 Å². The first-order valence-electron chi connectivity index (χ1n) is 4.69. The maximum atomic E-state index is 4.39. The fraction of sp³-hybridized carbons (Fsp3) is 0. The molecule has 2 heteroatoms. The molecule has 0 heterocycles. The van der Waals surface area contributed by atoms with E-state index in [4.69, 9.17) is 0 Å². The molecule has 74 valence electrons. The lowest BCUT2D eigenvalue weighted by Crippen LogP contribution is -1.80. The number of aliphatic imine (C=N–C) groups is 1. The fourth-order valence-electron chi connectivity index (χ4n) is 1.25. The molecule has 0 amide bonds. The molecule has 0 aliphatic carbocycles. The van der Waals surface area contributed by atoms with Crippen LogP contribution >= 0.6 is 22.6 Å². The molecule has 2 aromatic rings. The number of rotatable bonds is 2. The summed E-state index contributed by atoms with van der Waals surface area (Å²) < 4.78 is 1.23. The van der Waals surface area contributed by atoms with E-state index in [1.54, 1.807) is 0 Å². The van der Waals surface area contributed by atoms with Crippen LogP contribution in [0, 0.1) is 3.57 Å². The van der Waals surface area contributed by atoms with E-state index in [9.17, 15) is 0 Å². The summed E-state index contributed by atoms with van der Waals surface area (Å²) in [7, 11) is 0. The topological polar surface area (TPSA) is 12.4 Å². The third kappa shape index (κ3) is 3.16. The van der Waals surface area contributed by atoms with Gasteiger partial charge in [-0.3, -0.25) is 4.99 Å². The van der Waals surface area contributed by atoms with E-state index in [0.717, 1.165) is 11.3 Å². The minimum absolute atomic E-state index is 0.983. The van der Waals surface area contributed by atoms with Gasteiger partial charge in [-0.05, 0) is 52.4 Å². The average Bonchev–Trinajstić information content (AvgIpc) is 2.28. The van der Waals surface area contributed by atoms with Crippen LogP contribution in [0.2, 0.25) is 0 Å². The minimum Gasteiger partial charge on any atom is -0.256 e. The maximum Gasteiger partial charge on any atom is 0.0629 e. The highest BCUT2D eigenvalue weighted by atomic mass is 127. The van der Waals surface area contributed by atoms with Gasteiger partial charge < -0.3 is 0 Å². The summed E-state index contributed by atoms with van der Waals surface area (Å²) in [5.74, 6) is 0. The van der Waals surface area contributed by atoms with Crippen molar-refractivity contribution in [2.45, 2.75) is 0 Å². The largest absolute Gasteiger partial charge is 0.256 e. The number of para-hydroxylation sites is 1. The lowest BCUT2D eigenvalue weighted by Gasteiger charge is -1.94. The molecule has 0 atom stereocenters. The third-order valence-electron chi connectivity index (χ3n) is 1.97. The van der Waals surface area contributed by atoms with Crippen molar-refractivity contribution in [2.75, 3.05) is 0 Å². The van der Waals surface area contributed by atoms with Gasteiger partial charge in [0.15, 0.2) is 0 Å². The zero-order valence-corrected chi connectivity index (χ0v) is 10.3. The number of halogens is 1. The predicted molar refractivity (Wildman–Crippen MR) is 72.9 cm³/mol. The summed E-state index contributed by atoms with van der Waals surface area (Å²) >= 11 is 2.30. The number of nitrogens with zero attached hydrogens (tertiary/aromatic N) is 1. The van der Waals surface area contributed by atoms with Crippen molar-refractivity contribution in [3.8, 4) is 0 Å². The average molecular weight is 307 g/mol. The predicted octanol–water partition coefficient (Wildman–Crippen LogP) is 4.04. The molecule has 0 N–H and O–H groups in total. The quantitative estimate of drug-likeness (QED) is 0.586. The Labute approximate surface area is 103 Å². The standard InChI is InChI=1S/C13H10IN/c14-12-6-4-5-11(9-12)10-15-13-7-2-1-3-8-13/h1-10H. The maximum absolute atomic E-state index is 4.39. The van der Waals surface area contributed by atoms with E-state index >= 15 is 0 Å². The zero-order valence-electron chi connectivity index (χ0n) is 8.10. The highest BCUT2D eigenvalue weighted by Crippen LogP contribution is 2.11. The fourth-order valence-corrected chi connectivity index (χ4v) is 1.82. The van der Waals surface area contributed by atoms with Crippen molar-refractivity contribution in [3.05, 3.63) is 63.7 Å². The number of hydrogen-bond acceptors (Lipinski definition) is 1. The summed E-state index contributed by atoms with van der Waals surface area (Å²) in [5.41, 5.74) is 2.11. The summed E-state index contributed by atoms with van der Waals surface area (Å²) in [5, 5.41) is 0. The molecule has 2 rings (SSSR count). The van der Waals surface area contributed by atoms with Gasteiger partial charge in [-0.1, -0.05) is 30.3 Å². The molecule has 0 aromatic heterocycles. The van der Waals surface area contributed by atoms with Gasteiger partial charge in [0, 0.05) is 9.78 Å². The molecule has 0 saturated carbocycles. The molecule has 0 bridgehead atoms. The van der Waals surface area contributed by atoms with E-state index in [-0.39, 0.29) is 0 Å². The van der Waals surface area contributed by atoms with Crippen LogP contribution in [0.3, 0.4) is 0 Å². The van der Waals surface area contributed by atoms with Crippen LogP contribution < -0.4 is 0 Å². The van der Waals surface area contributed by atoms with E-state index < -0.39 is 0 Å². The SMILES string of the molecule is Ic1cccc(C=Nc2ccccc2)c1. The second-order valence-corrected chi connectivity index (χ2v) is 4.39. The lowest BCUT2D eigenvalue weighted by atomic mass is 10.2. The summed E-state index contributed by atoms with van der Waals surface area (Å²) in [4.78, 5) is 4.39. The van der Waals surface area contributed by atoms with E-state index in [2.05, 4.69) is 45.8 Å². The van der Waals surface area contributed by atoms with Crippen molar-refractivity contribution in [3.63, 3.8) is 0 Å². The Morgan fingerprint density at radius 1 is 0.933 bits per heavy atom. The van der Waals surface area contributed by atoms with Gasteiger partial charge in [0.2, 0.25) is 0 Å². The van der Waals surface area contributed by atoms with Gasteiger partial charge >= 0.3 is 0 Å². The zero-order chi connectivity index (χ0) is 10.5. The van der Waals surface area contributed by atoms with Crippen molar-refractivity contribution < 1.29 is 0 Å². The van der Waals surface area contributed by atoms with Crippen LogP contribution in [-0.4, -0.2) is 6.21 Å². The summed E-state index contributed by atoms with van der Waals surface area (Å²) in [6.07, 6.45) is 1.89. The highest BCUT2D eigenvalue weighted by molar-refractivity contribution is 14.1. The van der Waals surface area contributed by atoms with Crippen molar-refractivity contribution >= 4 is 34.5 Å². The molecular weight excluding hydrogens is 297 g/mol. The van der Waals surface area contributed by atoms with Crippen LogP contribution in [0.4, 0.5) is 5.69 Å². The van der Waals surface area contributed by atoms with Gasteiger partial charge in [0.25, 0.3) is 0 Å². The van der Waals surface area contributed by atoms with Gasteiger partial charge in [0.05, 0.1) is 5.69 Å². The number of benzene rings is 2. The molecule has 0 saturated heterocycles. The Bertz CT molecular complexity index is 463. The molecule has 0 aliphatic rings. The second kappa shape index (κ2) is 5.07. The molecule has 15 heavy (non-hydrogen) atoms. The van der Waals surface area contributed by atoms with E-state index in [1.807, 2.05) is 42.6 Å². The van der Waals surface area contributed by atoms with Crippen LogP contribution in [0.15, 0.2) is 59.6 Å². The van der Waals surface area contributed by atoms with Crippen LogP contribution in [0.25, 0.3) is 0 Å². The monoisotopic (exact) mass is 307 g/mol. The second-order valence-electron chi connectivity index (χ2n) is 3.15. The van der Waals surface area contributed by atoms with E-state index in [0.29, 0.717) is 0 Å². The van der Waals surface area contributed by atoms with Crippen molar-refractivity contribution in [1.82, 2.24) is 0 Å². The minimum atomic E-state index is 0.983. The Balaban J connectivity index is 2.19. The van der Waals surface area contributed by atoms with Gasteiger partial charge in [-0.15, -0.1) is 0 Å².